The van der Waals surface area contributed by atoms with E-state index in [1.807, 2.05) is 80.6 Å². The van der Waals surface area contributed by atoms with Gasteiger partial charge < -0.3 is 10.1 Å². The normalized spacial score (nSPS) is 10.5. The van der Waals surface area contributed by atoms with Crippen LogP contribution in [0.2, 0.25) is 0 Å². The molecule has 4 nitrogen and oxygen atoms in total. The molecule has 0 atom stereocenters. The maximum absolute atomic E-state index is 12.5. The Kier molecular flexibility index (Phi) is 6.22. The van der Waals surface area contributed by atoms with Crippen LogP contribution in [-0.4, -0.2) is 18.5 Å². The molecule has 0 aliphatic rings. The first-order valence-corrected chi connectivity index (χ1v) is 9.19. The molecule has 4 heteroatoms. The lowest BCUT2D eigenvalue weighted by molar-refractivity contribution is -0.124. The third-order valence-corrected chi connectivity index (χ3v) is 4.73. The fourth-order valence-electron chi connectivity index (χ4n) is 3.03. The number of esters is 1. The predicted molar refractivity (Wildman–Crippen MR) is 109 cm³/mol. The average molecular weight is 373 g/mol. The maximum Gasteiger partial charge on any atom is 0.338 e. The van der Waals surface area contributed by atoms with E-state index in [0.717, 1.165) is 22.3 Å². The number of amides is 1. The summed E-state index contributed by atoms with van der Waals surface area (Å²) in [6.45, 7) is 3.47. The summed E-state index contributed by atoms with van der Waals surface area (Å²) in [7, 11) is 0. The predicted octanol–water partition coefficient (Wildman–Crippen LogP) is 4.37. The summed E-state index contributed by atoms with van der Waals surface area (Å²) in [5.74, 6) is -0.844. The molecule has 0 heterocycles. The van der Waals surface area contributed by atoms with Gasteiger partial charge in [-0.3, -0.25) is 4.79 Å². The van der Waals surface area contributed by atoms with E-state index < -0.39 is 5.97 Å². The molecule has 3 rings (SSSR count). The van der Waals surface area contributed by atoms with E-state index >= 15 is 0 Å². The van der Waals surface area contributed by atoms with Crippen LogP contribution in [0.1, 0.15) is 38.7 Å². The second kappa shape index (κ2) is 9.00. The van der Waals surface area contributed by atoms with Crippen molar-refractivity contribution in [3.8, 4) is 0 Å². The summed E-state index contributed by atoms with van der Waals surface area (Å²) >= 11 is 0. The monoisotopic (exact) mass is 373 g/mol. The molecule has 0 saturated carbocycles. The van der Waals surface area contributed by atoms with Gasteiger partial charge in [0.2, 0.25) is 0 Å². The van der Waals surface area contributed by atoms with Crippen molar-refractivity contribution in [1.82, 2.24) is 5.32 Å². The molecule has 28 heavy (non-hydrogen) atoms. The third kappa shape index (κ3) is 4.65. The molecular weight excluding hydrogens is 350 g/mol. The van der Waals surface area contributed by atoms with Crippen LogP contribution >= 0.6 is 0 Å². The summed E-state index contributed by atoms with van der Waals surface area (Å²) < 4.78 is 5.25. The van der Waals surface area contributed by atoms with Crippen molar-refractivity contribution in [2.24, 2.45) is 0 Å². The van der Waals surface area contributed by atoms with Gasteiger partial charge in [0.05, 0.1) is 11.6 Å². The van der Waals surface area contributed by atoms with Crippen molar-refractivity contribution in [1.29, 1.82) is 0 Å². The fraction of sp³-hybridized carbons (Fsp3) is 0.167. The van der Waals surface area contributed by atoms with Gasteiger partial charge in [-0.05, 0) is 42.2 Å². The van der Waals surface area contributed by atoms with Crippen LogP contribution in [0.3, 0.4) is 0 Å². The molecule has 3 aromatic carbocycles. The standard InChI is InChI=1S/C24H23NO3/c1-17-10-9-15-21(18(17)2)24(27)28-16-22(26)25-23(19-11-5-3-6-12-19)20-13-7-4-8-14-20/h3-15,23H,16H2,1-2H3,(H,25,26). The molecule has 0 spiro atoms. The zero-order valence-corrected chi connectivity index (χ0v) is 16.0. The summed E-state index contributed by atoms with van der Waals surface area (Å²) in [6.07, 6.45) is 0. The van der Waals surface area contributed by atoms with Crippen LogP contribution in [0.5, 0.6) is 0 Å². The van der Waals surface area contributed by atoms with Gasteiger partial charge in [0.1, 0.15) is 0 Å². The van der Waals surface area contributed by atoms with Gasteiger partial charge in [0, 0.05) is 0 Å². The molecule has 0 saturated heterocycles. The van der Waals surface area contributed by atoms with Crippen molar-refractivity contribution in [3.63, 3.8) is 0 Å². The number of nitrogens with one attached hydrogen (secondary N) is 1. The molecule has 0 aromatic heterocycles. The van der Waals surface area contributed by atoms with Gasteiger partial charge in [-0.2, -0.15) is 0 Å². The van der Waals surface area contributed by atoms with Crippen LogP contribution in [-0.2, 0) is 9.53 Å². The molecule has 0 unspecified atom stereocenters. The first kappa shape index (κ1) is 19.4. The Morgan fingerprint density at radius 1 is 0.821 bits per heavy atom. The highest BCUT2D eigenvalue weighted by molar-refractivity contribution is 5.93. The van der Waals surface area contributed by atoms with Gasteiger partial charge in [-0.15, -0.1) is 0 Å². The number of hydrogen-bond acceptors (Lipinski definition) is 3. The Morgan fingerprint density at radius 2 is 1.39 bits per heavy atom. The number of carbonyl (C=O) groups is 2. The lowest BCUT2D eigenvalue weighted by atomic mass is 9.99. The lowest BCUT2D eigenvalue weighted by Crippen LogP contribution is -2.33. The minimum Gasteiger partial charge on any atom is -0.452 e. The van der Waals surface area contributed by atoms with Crippen LogP contribution in [0, 0.1) is 13.8 Å². The highest BCUT2D eigenvalue weighted by atomic mass is 16.5. The average Bonchev–Trinajstić information content (AvgIpc) is 2.73. The van der Waals surface area contributed by atoms with E-state index in [1.54, 1.807) is 12.1 Å². The smallest absolute Gasteiger partial charge is 0.338 e. The van der Waals surface area contributed by atoms with Crippen molar-refractivity contribution in [2.45, 2.75) is 19.9 Å². The van der Waals surface area contributed by atoms with E-state index in [0.29, 0.717) is 5.56 Å². The van der Waals surface area contributed by atoms with Gasteiger partial charge >= 0.3 is 5.97 Å². The molecular formula is C24H23NO3. The first-order valence-electron chi connectivity index (χ1n) is 9.19. The van der Waals surface area contributed by atoms with Gasteiger partial charge in [0.25, 0.3) is 5.91 Å². The zero-order valence-electron chi connectivity index (χ0n) is 16.0. The van der Waals surface area contributed by atoms with Crippen LogP contribution < -0.4 is 5.32 Å². The second-order valence-electron chi connectivity index (χ2n) is 6.65. The van der Waals surface area contributed by atoms with E-state index in [4.69, 9.17) is 4.74 Å². The van der Waals surface area contributed by atoms with E-state index in [2.05, 4.69) is 5.32 Å². The summed E-state index contributed by atoms with van der Waals surface area (Å²) in [5, 5.41) is 2.97. The Bertz CT molecular complexity index is 913. The number of carbonyl (C=O) groups excluding carboxylic acids is 2. The molecule has 0 radical (unpaired) electrons. The van der Waals surface area contributed by atoms with Crippen LogP contribution in [0.15, 0.2) is 78.9 Å². The van der Waals surface area contributed by atoms with E-state index in [9.17, 15) is 9.59 Å². The number of ether oxygens (including phenoxy) is 1. The highest BCUT2D eigenvalue weighted by Gasteiger charge is 2.18. The van der Waals surface area contributed by atoms with Gasteiger partial charge in [0.15, 0.2) is 6.61 Å². The van der Waals surface area contributed by atoms with Crippen LogP contribution in [0.25, 0.3) is 0 Å². The molecule has 0 fully saturated rings. The van der Waals surface area contributed by atoms with Crippen molar-refractivity contribution in [2.75, 3.05) is 6.61 Å². The molecule has 1 amide bonds. The van der Waals surface area contributed by atoms with E-state index in [1.165, 1.54) is 0 Å². The number of hydrogen-bond donors (Lipinski definition) is 1. The molecule has 3 aromatic rings. The highest BCUT2D eigenvalue weighted by Crippen LogP contribution is 2.21. The molecule has 0 aliphatic carbocycles. The molecule has 0 bridgehead atoms. The summed E-state index contributed by atoms with van der Waals surface area (Å²) in [4.78, 5) is 24.8. The Morgan fingerprint density at radius 3 is 1.96 bits per heavy atom. The first-order chi connectivity index (χ1) is 13.6. The summed E-state index contributed by atoms with van der Waals surface area (Å²) in [5.41, 5.74) is 4.27. The lowest BCUT2D eigenvalue weighted by Gasteiger charge is -2.20. The maximum atomic E-state index is 12.5. The largest absolute Gasteiger partial charge is 0.452 e. The third-order valence-electron chi connectivity index (χ3n) is 4.73. The molecule has 142 valence electrons. The van der Waals surface area contributed by atoms with Gasteiger partial charge in [-0.1, -0.05) is 72.8 Å². The minimum absolute atomic E-state index is 0.311. The second-order valence-corrected chi connectivity index (χ2v) is 6.65. The Hall–Kier alpha value is -3.40. The van der Waals surface area contributed by atoms with Crippen molar-refractivity contribution >= 4 is 11.9 Å². The quantitative estimate of drug-likeness (QED) is 0.653. The van der Waals surface area contributed by atoms with Crippen molar-refractivity contribution in [3.05, 3.63) is 107 Å². The number of rotatable bonds is 6. The van der Waals surface area contributed by atoms with Crippen molar-refractivity contribution < 1.29 is 14.3 Å². The zero-order chi connectivity index (χ0) is 19.9. The van der Waals surface area contributed by atoms with Crippen LogP contribution in [0.4, 0.5) is 0 Å². The number of aryl methyl sites for hydroxylation is 1. The molecule has 0 aliphatic heterocycles. The topological polar surface area (TPSA) is 55.4 Å². The Balaban J connectivity index is 1.69. The van der Waals surface area contributed by atoms with E-state index in [-0.39, 0.29) is 18.6 Å². The minimum atomic E-state index is -0.493. The number of benzene rings is 3. The van der Waals surface area contributed by atoms with Gasteiger partial charge in [-0.25, -0.2) is 4.79 Å². The SMILES string of the molecule is Cc1cccc(C(=O)OCC(=O)NC(c2ccccc2)c2ccccc2)c1C. The molecule has 1 N–H and O–H groups in total. The Labute approximate surface area is 165 Å². The fourth-order valence-corrected chi connectivity index (χ4v) is 3.03. The summed E-state index contributed by atoms with van der Waals surface area (Å²) in [6, 6.07) is 24.5.